The summed E-state index contributed by atoms with van der Waals surface area (Å²) in [5, 5.41) is 9.44. The van der Waals surface area contributed by atoms with Crippen LogP contribution in [0.3, 0.4) is 0 Å². The average Bonchev–Trinajstić information content (AvgIpc) is 2.40. The number of halogens is 1. The number of nitrogens with one attached hydrogen (secondary N) is 1. The van der Waals surface area contributed by atoms with Gasteiger partial charge < -0.3 is 9.84 Å². The second-order valence-corrected chi connectivity index (χ2v) is 6.52. The molecule has 0 heterocycles. The molecule has 114 valence electrons. The lowest BCUT2D eigenvalue weighted by molar-refractivity contribution is 0.0603. The molecule has 0 aliphatic carbocycles. The van der Waals surface area contributed by atoms with Crippen LogP contribution in [0, 0.1) is 0 Å². The molecular formula is C13H20ClNO4S. The molecule has 0 saturated carbocycles. The number of sulfonamides is 1. The number of aryl methyl sites for hydroxylation is 1. The molecule has 7 heteroatoms. The van der Waals surface area contributed by atoms with Crippen LogP contribution in [0.15, 0.2) is 29.2 Å². The van der Waals surface area contributed by atoms with Crippen molar-refractivity contribution in [2.45, 2.75) is 23.8 Å². The monoisotopic (exact) mass is 321 g/mol. The van der Waals surface area contributed by atoms with Crippen molar-refractivity contribution in [1.82, 2.24) is 4.72 Å². The number of benzene rings is 1. The van der Waals surface area contributed by atoms with Gasteiger partial charge in [0.1, 0.15) is 0 Å². The van der Waals surface area contributed by atoms with Crippen LogP contribution in [0.1, 0.15) is 12.0 Å². The molecule has 1 unspecified atom stereocenters. The quantitative estimate of drug-likeness (QED) is 0.669. The van der Waals surface area contributed by atoms with Crippen molar-refractivity contribution >= 4 is 21.6 Å². The van der Waals surface area contributed by atoms with Crippen LogP contribution >= 0.6 is 11.6 Å². The summed E-state index contributed by atoms with van der Waals surface area (Å²) in [6, 6.07) is 6.60. The summed E-state index contributed by atoms with van der Waals surface area (Å²) in [7, 11) is -2.06. The Kier molecular flexibility index (Phi) is 7.47. The fourth-order valence-corrected chi connectivity index (χ4v) is 2.93. The molecule has 0 bridgehead atoms. The maximum atomic E-state index is 12.0. The van der Waals surface area contributed by atoms with E-state index in [1.165, 1.54) is 7.11 Å². The Balaban J connectivity index is 2.55. The fraction of sp³-hybridized carbons (Fsp3) is 0.538. The summed E-state index contributed by atoms with van der Waals surface area (Å²) in [5.41, 5.74) is 0.995. The van der Waals surface area contributed by atoms with Crippen molar-refractivity contribution in [1.29, 1.82) is 0 Å². The minimum absolute atomic E-state index is 0.163. The molecule has 5 nitrogen and oxygen atoms in total. The van der Waals surface area contributed by atoms with E-state index >= 15 is 0 Å². The summed E-state index contributed by atoms with van der Waals surface area (Å²) in [5.74, 6) is 0.502. The zero-order chi connectivity index (χ0) is 15.0. The minimum Gasteiger partial charge on any atom is -0.391 e. The molecule has 1 rings (SSSR count). The second kappa shape index (κ2) is 8.59. The first-order valence-corrected chi connectivity index (χ1v) is 8.33. The van der Waals surface area contributed by atoms with E-state index < -0.39 is 16.1 Å². The number of ether oxygens (including phenoxy) is 1. The van der Waals surface area contributed by atoms with Gasteiger partial charge in [-0.3, -0.25) is 0 Å². The minimum atomic E-state index is -3.54. The van der Waals surface area contributed by atoms with Gasteiger partial charge in [-0.15, -0.1) is 11.6 Å². The molecule has 0 radical (unpaired) electrons. The number of alkyl halides is 1. The standard InChI is InChI=1S/C13H20ClNO4S/c1-19-10-12(16)7-9-15-20(17,18)13-4-2-11(3-5-13)6-8-14/h2-5,12,15-16H,6-10H2,1H3. The summed E-state index contributed by atoms with van der Waals surface area (Å²) in [4.78, 5) is 0.206. The highest BCUT2D eigenvalue weighted by atomic mass is 35.5. The summed E-state index contributed by atoms with van der Waals surface area (Å²) in [6.45, 7) is 0.352. The molecule has 0 fully saturated rings. The molecule has 0 saturated heterocycles. The van der Waals surface area contributed by atoms with Crippen molar-refractivity contribution < 1.29 is 18.3 Å². The Morgan fingerprint density at radius 3 is 2.55 bits per heavy atom. The predicted molar refractivity (Wildman–Crippen MR) is 78.6 cm³/mol. The molecule has 0 aliphatic rings. The zero-order valence-electron chi connectivity index (χ0n) is 11.4. The lowest BCUT2D eigenvalue weighted by atomic mass is 10.2. The van der Waals surface area contributed by atoms with Crippen molar-refractivity contribution in [2.24, 2.45) is 0 Å². The number of hydrogen-bond acceptors (Lipinski definition) is 4. The Hall–Kier alpha value is -0.660. The van der Waals surface area contributed by atoms with Gasteiger partial charge in [-0.2, -0.15) is 0 Å². The highest BCUT2D eigenvalue weighted by Gasteiger charge is 2.14. The summed E-state index contributed by atoms with van der Waals surface area (Å²) >= 11 is 5.63. The van der Waals surface area contributed by atoms with Crippen LogP contribution in [0.5, 0.6) is 0 Å². The smallest absolute Gasteiger partial charge is 0.240 e. The zero-order valence-corrected chi connectivity index (χ0v) is 13.0. The Morgan fingerprint density at radius 2 is 2.00 bits per heavy atom. The van der Waals surface area contributed by atoms with Gasteiger partial charge in [-0.25, -0.2) is 13.1 Å². The van der Waals surface area contributed by atoms with Crippen LogP contribution in [-0.2, 0) is 21.2 Å². The highest BCUT2D eigenvalue weighted by Crippen LogP contribution is 2.11. The number of methoxy groups -OCH3 is 1. The number of aliphatic hydroxyl groups is 1. The average molecular weight is 322 g/mol. The van der Waals surface area contributed by atoms with Gasteiger partial charge in [0, 0.05) is 19.5 Å². The van der Waals surface area contributed by atoms with E-state index in [9.17, 15) is 13.5 Å². The van der Waals surface area contributed by atoms with E-state index in [0.717, 1.165) is 5.56 Å². The maximum Gasteiger partial charge on any atom is 0.240 e. The largest absolute Gasteiger partial charge is 0.391 e. The molecule has 1 aromatic rings. The van der Waals surface area contributed by atoms with Crippen LogP contribution < -0.4 is 4.72 Å². The third-order valence-electron chi connectivity index (χ3n) is 2.75. The Bertz CT molecular complexity index is 490. The van der Waals surface area contributed by atoms with E-state index in [-0.39, 0.29) is 18.0 Å². The molecular weight excluding hydrogens is 302 g/mol. The molecule has 1 atom stereocenters. The molecule has 0 aliphatic heterocycles. The maximum absolute atomic E-state index is 12.0. The molecule has 0 spiro atoms. The number of hydrogen-bond donors (Lipinski definition) is 2. The van der Waals surface area contributed by atoms with Crippen LogP contribution in [0.25, 0.3) is 0 Å². The van der Waals surface area contributed by atoms with E-state index in [1.54, 1.807) is 24.3 Å². The van der Waals surface area contributed by atoms with Gasteiger partial charge in [-0.1, -0.05) is 12.1 Å². The molecule has 1 aromatic carbocycles. The van der Waals surface area contributed by atoms with Crippen LogP contribution in [-0.4, -0.2) is 45.8 Å². The van der Waals surface area contributed by atoms with Gasteiger partial charge in [0.15, 0.2) is 0 Å². The third-order valence-corrected chi connectivity index (χ3v) is 4.41. The van der Waals surface area contributed by atoms with Crippen molar-refractivity contribution in [2.75, 3.05) is 26.1 Å². The lowest BCUT2D eigenvalue weighted by Crippen LogP contribution is -2.28. The van der Waals surface area contributed by atoms with Gasteiger partial charge in [0.25, 0.3) is 0 Å². The van der Waals surface area contributed by atoms with Crippen molar-refractivity contribution in [3.8, 4) is 0 Å². The van der Waals surface area contributed by atoms with Gasteiger partial charge in [0.05, 0.1) is 17.6 Å². The molecule has 2 N–H and O–H groups in total. The summed E-state index contributed by atoms with van der Waals surface area (Å²) in [6.07, 6.45) is 0.337. The topological polar surface area (TPSA) is 75.6 Å². The first kappa shape index (κ1) is 17.4. The predicted octanol–water partition coefficient (Wildman–Crippen LogP) is 1.14. The highest BCUT2D eigenvalue weighted by molar-refractivity contribution is 7.89. The number of aliphatic hydroxyl groups excluding tert-OH is 1. The van der Waals surface area contributed by atoms with Crippen LogP contribution in [0.2, 0.25) is 0 Å². The first-order valence-electron chi connectivity index (χ1n) is 6.31. The molecule has 0 amide bonds. The Morgan fingerprint density at radius 1 is 1.35 bits per heavy atom. The van der Waals surface area contributed by atoms with Crippen molar-refractivity contribution in [3.05, 3.63) is 29.8 Å². The van der Waals surface area contributed by atoms with Gasteiger partial charge in [-0.05, 0) is 30.5 Å². The Labute approximate surface area is 125 Å². The van der Waals surface area contributed by atoms with E-state index in [1.807, 2.05) is 0 Å². The van der Waals surface area contributed by atoms with E-state index in [0.29, 0.717) is 18.7 Å². The normalized spacial score (nSPS) is 13.3. The number of rotatable bonds is 9. The van der Waals surface area contributed by atoms with Gasteiger partial charge >= 0.3 is 0 Å². The fourth-order valence-electron chi connectivity index (χ4n) is 1.66. The lowest BCUT2D eigenvalue weighted by Gasteiger charge is -2.11. The van der Waals surface area contributed by atoms with Gasteiger partial charge in [0.2, 0.25) is 10.0 Å². The van der Waals surface area contributed by atoms with Crippen molar-refractivity contribution in [3.63, 3.8) is 0 Å². The second-order valence-electron chi connectivity index (χ2n) is 4.38. The SMILES string of the molecule is COCC(O)CCNS(=O)(=O)c1ccc(CCCl)cc1. The first-order chi connectivity index (χ1) is 9.49. The third kappa shape index (κ3) is 5.76. The molecule has 20 heavy (non-hydrogen) atoms. The van der Waals surface area contributed by atoms with Crippen LogP contribution in [0.4, 0.5) is 0 Å². The summed E-state index contributed by atoms with van der Waals surface area (Å²) < 4.78 is 31.2. The molecule has 0 aromatic heterocycles. The van der Waals surface area contributed by atoms with E-state index in [4.69, 9.17) is 16.3 Å². The van der Waals surface area contributed by atoms with E-state index in [2.05, 4.69) is 4.72 Å².